The number of hydrogen-bond donors (Lipinski definition) is 2. The number of carbonyl (C=O) groups excluding carboxylic acids is 1. The van der Waals surface area contributed by atoms with Gasteiger partial charge in [-0.3, -0.25) is 9.78 Å². The van der Waals surface area contributed by atoms with Gasteiger partial charge in [0, 0.05) is 23.7 Å². The summed E-state index contributed by atoms with van der Waals surface area (Å²) >= 11 is 0. The van der Waals surface area contributed by atoms with Crippen LogP contribution < -0.4 is 11.1 Å². The fourth-order valence-corrected chi connectivity index (χ4v) is 1.86. The van der Waals surface area contributed by atoms with Crippen molar-refractivity contribution in [1.29, 1.82) is 0 Å². The minimum Gasteiger partial charge on any atom is -0.348 e. The van der Waals surface area contributed by atoms with Gasteiger partial charge in [-0.05, 0) is 26.0 Å². The van der Waals surface area contributed by atoms with E-state index in [0.29, 0.717) is 12.1 Å². The summed E-state index contributed by atoms with van der Waals surface area (Å²) in [5.74, 6) is -0.102. The highest BCUT2D eigenvalue weighted by atomic mass is 16.1. The lowest BCUT2D eigenvalue weighted by molar-refractivity contribution is 0.0943. The molecule has 1 aromatic heterocycles. The van der Waals surface area contributed by atoms with Gasteiger partial charge in [0.1, 0.15) is 0 Å². The molecule has 0 unspecified atom stereocenters. The smallest absolute Gasteiger partial charge is 0.252 e. The van der Waals surface area contributed by atoms with E-state index in [1.807, 2.05) is 38.1 Å². The second-order valence-corrected chi connectivity index (χ2v) is 4.44. The zero-order valence-electron chi connectivity index (χ0n) is 10.6. The number of aryl methyl sites for hydroxylation is 1. The van der Waals surface area contributed by atoms with E-state index < -0.39 is 0 Å². The predicted molar refractivity (Wildman–Crippen MR) is 72.5 cm³/mol. The number of nitrogens with zero attached hydrogens (tertiary/aromatic N) is 1. The van der Waals surface area contributed by atoms with Crippen LogP contribution in [-0.4, -0.2) is 23.5 Å². The highest BCUT2D eigenvalue weighted by Crippen LogP contribution is 2.18. The Morgan fingerprint density at radius 3 is 2.89 bits per heavy atom. The molecule has 4 nitrogen and oxygen atoms in total. The maximum atomic E-state index is 12.2. The second-order valence-electron chi connectivity index (χ2n) is 4.44. The van der Waals surface area contributed by atoms with Crippen LogP contribution in [0.2, 0.25) is 0 Å². The summed E-state index contributed by atoms with van der Waals surface area (Å²) < 4.78 is 0. The lowest BCUT2D eigenvalue weighted by atomic mass is 10.1. The van der Waals surface area contributed by atoms with E-state index in [4.69, 9.17) is 5.73 Å². The summed E-state index contributed by atoms with van der Waals surface area (Å²) in [4.78, 5) is 16.6. The van der Waals surface area contributed by atoms with Crippen molar-refractivity contribution in [2.75, 3.05) is 6.54 Å². The molecule has 0 aliphatic heterocycles. The zero-order valence-corrected chi connectivity index (χ0v) is 10.6. The third-order valence-electron chi connectivity index (χ3n) is 2.82. The number of carbonyl (C=O) groups is 1. The molecule has 2 rings (SSSR count). The van der Waals surface area contributed by atoms with Gasteiger partial charge >= 0.3 is 0 Å². The molecule has 0 fully saturated rings. The average Bonchev–Trinajstić information content (AvgIpc) is 2.37. The fraction of sp³-hybridized carbons (Fsp3) is 0.286. The standard InChI is InChI=1S/C14H17N3O/c1-9-7-12(14(18)17-10(2)8-15)11-5-3-4-6-13(11)16-9/h3-7,10H,8,15H2,1-2H3,(H,17,18)/t10-/m0/s1. The number of amides is 1. The molecule has 94 valence electrons. The summed E-state index contributed by atoms with van der Waals surface area (Å²) in [7, 11) is 0. The number of aromatic nitrogens is 1. The van der Waals surface area contributed by atoms with Gasteiger partial charge in [-0.25, -0.2) is 0 Å². The highest BCUT2D eigenvalue weighted by molar-refractivity contribution is 6.06. The molecular formula is C14H17N3O. The number of para-hydroxylation sites is 1. The monoisotopic (exact) mass is 243 g/mol. The second kappa shape index (κ2) is 5.14. The first-order valence-corrected chi connectivity index (χ1v) is 5.99. The van der Waals surface area contributed by atoms with Crippen LogP contribution >= 0.6 is 0 Å². The Morgan fingerprint density at radius 2 is 2.17 bits per heavy atom. The number of hydrogen-bond acceptors (Lipinski definition) is 3. The van der Waals surface area contributed by atoms with Crippen molar-refractivity contribution in [3.8, 4) is 0 Å². The van der Waals surface area contributed by atoms with Crippen LogP contribution in [0.5, 0.6) is 0 Å². The van der Waals surface area contributed by atoms with E-state index in [1.165, 1.54) is 0 Å². The Kier molecular flexibility index (Phi) is 3.58. The number of rotatable bonds is 3. The maximum absolute atomic E-state index is 12.2. The third kappa shape index (κ3) is 2.49. The summed E-state index contributed by atoms with van der Waals surface area (Å²) in [5, 5.41) is 3.74. The summed E-state index contributed by atoms with van der Waals surface area (Å²) in [6.45, 7) is 4.19. The molecule has 1 aromatic carbocycles. The van der Waals surface area contributed by atoms with E-state index >= 15 is 0 Å². The SMILES string of the molecule is Cc1cc(C(=O)N[C@@H](C)CN)c2ccccc2n1. The minimum absolute atomic E-state index is 0.0373. The van der Waals surface area contributed by atoms with E-state index in [1.54, 1.807) is 6.07 Å². The Hall–Kier alpha value is -1.94. The molecule has 18 heavy (non-hydrogen) atoms. The van der Waals surface area contributed by atoms with Gasteiger partial charge in [0.25, 0.3) is 5.91 Å². The lowest BCUT2D eigenvalue weighted by Gasteiger charge is -2.13. The molecule has 0 radical (unpaired) electrons. The summed E-state index contributed by atoms with van der Waals surface area (Å²) in [6, 6.07) is 9.40. The molecule has 0 bridgehead atoms. The lowest BCUT2D eigenvalue weighted by Crippen LogP contribution is -2.37. The number of fused-ring (bicyclic) bond motifs is 1. The van der Waals surface area contributed by atoms with Crippen molar-refractivity contribution in [1.82, 2.24) is 10.3 Å². The third-order valence-corrected chi connectivity index (χ3v) is 2.82. The number of benzene rings is 1. The molecule has 0 saturated carbocycles. The fourth-order valence-electron chi connectivity index (χ4n) is 1.86. The molecule has 0 saturated heterocycles. The van der Waals surface area contributed by atoms with Crippen LogP contribution in [0.4, 0.5) is 0 Å². The van der Waals surface area contributed by atoms with Gasteiger partial charge in [0.05, 0.1) is 11.1 Å². The van der Waals surface area contributed by atoms with Crippen molar-refractivity contribution < 1.29 is 4.79 Å². The van der Waals surface area contributed by atoms with Crippen LogP contribution in [0.1, 0.15) is 23.0 Å². The largest absolute Gasteiger partial charge is 0.348 e. The van der Waals surface area contributed by atoms with E-state index in [-0.39, 0.29) is 11.9 Å². The molecule has 1 heterocycles. The van der Waals surface area contributed by atoms with Crippen LogP contribution in [0.15, 0.2) is 30.3 Å². The Labute approximate surface area is 106 Å². The van der Waals surface area contributed by atoms with Gasteiger partial charge < -0.3 is 11.1 Å². The topological polar surface area (TPSA) is 68.0 Å². The molecule has 0 spiro atoms. The first-order chi connectivity index (χ1) is 8.61. The molecule has 4 heteroatoms. The van der Waals surface area contributed by atoms with Crippen molar-refractivity contribution in [3.63, 3.8) is 0 Å². The Balaban J connectivity index is 2.46. The van der Waals surface area contributed by atoms with Crippen molar-refractivity contribution in [3.05, 3.63) is 41.6 Å². The summed E-state index contributed by atoms with van der Waals surface area (Å²) in [6.07, 6.45) is 0. The van der Waals surface area contributed by atoms with E-state index in [9.17, 15) is 4.79 Å². The van der Waals surface area contributed by atoms with Gasteiger partial charge in [0.15, 0.2) is 0 Å². The minimum atomic E-state index is -0.102. The van der Waals surface area contributed by atoms with Crippen LogP contribution in [0.25, 0.3) is 10.9 Å². The van der Waals surface area contributed by atoms with Crippen molar-refractivity contribution in [2.24, 2.45) is 5.73 Å². The first-order valence-electron chi connectivity index (χ1n) is 5.99. The molecule has 1 atom stereocenters. The summed E-state index contributed by atoms with van der Waals surface area (Å²) in [5.41, 5.74) is 7.83. The normalized spacial score (nSPS) is 12.4. The van der Waals surface area contributed by atoms with Gasteiger partial charge in [-0.1, -0.05) is 18.2 Å². The molecule has 0 aliphatic carbocycles. The van der Waals surface area contributed by atoms with Crippen LogP contribution in [-0.2, 0) is 0 Å². The molecular weight excluding hydrogens is 226 g/mol. The molecule has 0 aliphatic rings. The molecule has 3 N–H and O–H groups in total. The number of nitrogens with one attached hydrogen (secondary N) is 1. The first kappa shape index (κ1) is 12.5. The predicted octanol–water partition coefficient (Wildman–Crippen LogP) is 1.62. The molecule has 2 aromatic rings. The average molecular weight is 243 g/mol. The molecule has 1 amide bonds. The van der Waals surface area contributed by atoms with Crippen LogP contribution in [0.3, 0.4) is 0 Å². The number of nitrogens with two attached hydrogens (primary N) is 1. The van der Waals surface area contributed by atoms with E-state index in [0.717, 1.165) is 16.6 Å². The maximum Gasteiger partial charge on any atom is 0.252 e. The van der Waals surface area contributed by atoms with Crippen molar-refractivity contribution in [2.45, 2.75) is 19.9 Å². The quantitative estimate of drug-likeness (QED) is 0.860. The Morgan fingerprint density at radius 1 is 1.44 bits per heavy atom. The highest BCUT2D eigenvalue weighted by Gasteiger charge is 2.13. The number of pyridine rings is 1. The van der Waals surface area contributed by atoms with Crippen molar-refractivity contribution >= 4 is 16.8 Å². The van der Waals surface area contributed by atoms with E-state index in [2.05, 4.69) is 10.3 Å². The van der Waals surface area contributed by atoms with Gasteiger partial charge in [-0.2, -0.15) is 0 Å². The Bertz CT molecular complexity index is 580. The zero-order chi connectivity index (χ0) is 13.1. The van der Waals surface area contributed by atoms with Gasteiger partial charge in [0.2, 0.25) is 0 Å². The van der Waals surface area contributed by atoms with Gasteiger partial charge in [-0.15, -0.1) is 0 Å². The van der Waals surface area contributed by atoms with Crippen LogP contribution in [0, 0.1) is 6.92 Å².